The van der Waals surface area contributed by atoms with E-state index >= 15 is 0 Å². The first-order chi connectivity index (χ1) is 6.93. The summed E-state index contributed by atoms with van der Waals surface area (Å²) < 4.78 is 0. The van der Waals surface area contributed by atoms with Gasteiger partial charge in [0.05, 0.1) is 12.0 Å². The lowest BCUT2D eigenvalue weighted by molar-refractivity contribution is -0.133. The molecule has 15 heavy (non-hydrogen) atoms. The maximum atomic E-state index is 11.8. The van der Waals surface area contributed by atoms with Gasteiger partial charge in [-0.25, -0.2) is 0 Å². The van der Waals surface area contributed by atoms with Crippen molar-refractivity contribution in [2.24, 2.45) is 16.8 Å². The zero-order valence-corrected chi connectivity index (χ0v) is 9.34. The Morgan fingerprint density at radius 3 is 2.47 bits per heavy atom. The van der Waals surface area contributed by atoms with Gasteiger partial charge in [-0.15, -0.1) is 0 Å². The number of amides is 1. The Bertz CT molecular complexity index is 241. The number of carbonyl (C=O) groups is 1. The Morgan fingerprint density at radius 1 is 1.60 bits per heavy atom. The second kappa shape index (κ2) is 6.23. The van der Waals surface area contributed by atoms with Gasteiger partial charge in [0.25, 0.3) is 0 Å². The number of carbonyl (C=O) groups excluding carboxylic acids is 1. The van der Waals surface area contributed by atoms with E-state index in [4.69, 9.17) is 16.0 Å². The van der Waals surface area contributed by atoms with E-state index in [-0.39, 0.29) is 18.3 Å². The molecule has 2 unspecified atom stereocenters. The third kappa shape index (κ3) is 4.16. The second-order valence-corrected chi connectivity index (χ2v) is 3.55. The number of oxime groups is 1. The molecule has 0 saturated heterocycles. The van der Waals surface area contributed by atoms with Crippen LogP contribution < -0.4 is 5.73 Å². The van der Waals surface area contributed by atoms with Gasteiger partial charge in [-0.05, 0) is 13.3 Å². The summed E-state index contributed by atoms with van der Waals surface area (Å²) in [6.45, 7) is 3.60. The first kappa shape index (κ1) is 13.7. The van der Waals surface area contributed by atoms with Gasteiger partial charge in [0, 0.05) is 13.6 Å². The van der Waals surface area contributed by atoms with Crippen LogP contribution in [0.4, 0.5) is 0 Å². The quantitative estimate of drug-likeness (QED) is 0.252. The molecule has 2 atom stereocenters. The first-order valence-electron chi connectivity index (χ1n) is 4.84. The summed E-state index contributed by atoms with van der Waals surface area (Å²) >= 11 is 0. The van der Waals surface area contributed by atoms with Crippen molar-refractivity contribution in [1.82, 2.24) is 4.90 Å². The van der Waals surface area contributed by atoms with Crippen LogP contribution in [0.15, 0.2) is 5.16 Å². The van der Waals surface area contributed by atoms with Crippen molar-refractivity contribution in [2.45, 2.75) is 26.4 Å². The average molecular weight is 217 g/mol. The molecule has 0 aromatic heterocycles. The summed E-state index contributed by atoms with van der Waals surface area (Å²) in [5.74, 6) is -0.979. The van der Waals surface area contributed by atoms with E-state index in [1.165, 1.54) is 4.90 Å². The summed E-state index contributed by atoms with van der Waals surface area (Å²) in [7, 11) is 1.57. The molecule has 0 spiro atoms. The molecule has 4 N–H and O–H groups in total. The number of rotatable bonds is 5. The van der Waals surface area contributed by atoms with Crippen LogP contribution in [0.5, 0.6) is 0 Å². The fourth-order valence-corrected chi connectivity index (χ4v) is 1.33. The van der Waals surface area contributed by atoms with E-state index in [0.29, 0.717) is 6.42 Å². The van der Waals surface area contributed by atoms with Gasteiger partial charge in [0.15, 0.2) is 5.84 Å². The van der Waals surface area contributed by atoms with Gasteiger partial charge in [-0.1, -0.05) is 12.1 Å². The normalized spacial score (nSPS) is 15.9. The predicted octanol–water partition coefficient (Wildman–Crippen LogP) is -0.402. The number of likely N-dealkylation sites (N-methyl/N-ethyl adjacent to an activating group) is 1. The van der Waals surface area contributed by atoms with Gasteiger partial charge < -0.3 is 20.9 Å². The standard InChI is InChI=1S/C9H19N3O3/c1-4-7(8(10)11-15)9(14)12(3)5-6(2)13/h6-7,13,15H,4-5H2,1-3H3,(H2,10,11). The number of aliphatic hydroxyl groups is 1. The molecule has 0 aliphatic carbocycles. The van der Waals surface area contributed by atoms with Crippen LogP contribution in [-0.2, 0) is 4.79 Å². The molecular formula is C9H19N3O3. The van der Waals surface area contributed by atoms with Gasteiger partial charge in [-0.3, -0.25) is 4.79 Å². The molecule has 0 aromatic rings. The van der Waals surface area contributed by atoms with E-state index in [1.54, 1.807) is 20.9 Å². The number of nitrogens with zero attached hydrogens (tertiary/aromatic N) is 2. The largest absolute Gasteiger partial charge is 0.409 e. The second-order valence-electron chi connectivity index (χ2n) is 3.55. The van der Waals surface area contributed by atoms with E-state index in [0.717, 1.165) is 0 Å². The summed E-state index contributed by atoms with van der Waals surface area (Å²) in [4.78, 5) is 13.1. The molecule has 0 aromatic carbocycles. The fraction of sp³-hybridized carbons (Fsp3) is 0.778. The third-order valence-electron chi connectivity index (χ3n) is 2.09. The maximum absolute atomic E-state index is 11.8. The predicted molar refractivity (Wildman–Crippen MR) is 56.5 cm³/mol. The molecule has 6 heteroatoms. The van der Waals surface area contributed by atoms with E-state index in [1.807, 2.05) is 0 Å². The molecular weight excluding hydrogens is 198 g/mol. The molecule has 88 valence electrons. The minimum absolute atomic E-state index is 0.0973. The number of hydrogen-bond donors (Lipinski definition) is 3. The highest BCUT2D eigenvalue weighted by molar-refractivity contribution is 6.01. The Morgan fingerprint density at radius 2 is 2.13 bits per heavy atom. The van der Waals surface area contributed by atoms with Gasteiger partial charge in [0.2, 0.25) is 5.91 Å². The highest BCUT2D eigenvalue weighted by Gasteiger charge is 2.24. The molecule has 0 aliphatic rings. The van der Waals surface area contributed by atoms with Crippen LogP contribution in [0.3, 0.4) is 0 Å². The Labute approximate surface area is 89.4 Å². The van der Waals surface area contributed by atoms with Crippen molar-refractivity contribution in [2.75, 3.05) is 13.6 Å². The minimum Gasteiger partial charge on any atom is -0.409 e. The molecule has 0 saturated carbocycles. The smallest absolute Gasteiger partial charge is 0.233 e. The lowest BCUT2D eigenvalue weighted by Crippen LogP contribution is -2.42. The van der Waals surface area contributed by atoms with Gasteiger partial charge in [-0.2, -0.15) is 0 Å². The number of amidine groups is 1. The number of hydrogen-bond acceptors (Lipinski definition) is 4. The fourth-order valence-electron chi connectivity index (χ4n) is 1.33. The summed E-state index contributed by atoms with van der Waals surface area (Å²) in [6.07, 6.45) is -0.137. The van der Waals surface area contributed by atoms with Crippen LogP contribution in [0.25, 0.3) is 0 Å². The molecule has 0 heterocycles. The van der Waals surface area contributed by atoms with Gasteiger partial charge >= 0.3 is 0 Å². The third-order valence-corrected chi connectivity index (χ3v) is 2.09. The molecule has 0 rings (SSSR count). The lowest BCUT2D eigenvalue weighted by Gasteiger charge is -2.23. The zero-order chi connectivity index (χ0) is 12.0. The van der Waals surface area contributed by atoms with Crippen molar-refractivity contribution in [3.8, 4) is 0 Å². The summed E-state index contributed by atoms with van der Waals surface area (Å²) in [5.41, 5.74) is 5.39. The highest BCUT2D eigenvalue weighted by Crippen LogP contribution is 2.07. The van der Waals surface area contributed by atoms with Gasteiger partial charge in [0.1, 0.15) is 0 Å². The van der Waals surface area contributed by atoms with E-state index in [9.17, 15) is 4.79 Å². The van der Waals surface area contributed by atoms with Crippen molar-refractivity contribution in [3.05, 3.63) is 0 Å². The van der Waals surface area contributed by atoms with E-state index < -0.39 is 12.0 Å². The summed E-state index contributed by atoms with van der Waals surface area (Å²) in [5, 5.41) is 20.4. The van der Waals surface area contributed by atoms with Crippen molar-refractivity contribution in [3.63, 3.8) is 0 Å². The van der Waals surface area contributed by atoms with E-state index in [2.05, 4.69) is 5.16 Å². The molecule has 0 fully saturated rings. The van der Waals surface area contributed by atoms with Crippen LogP contribution >= 0.6 is 0 Å². The molecule has 0 aliphatic heterocycles. The SMILES string of the molecule is CCC(C(=O)N(C)CC(C)O)C(N)=NO. The van der Waals surface area contributed by atoms with Crippen LogP contribution in [0, 0.1) is 5.92 Å². The first-order valence-corrected chi connectivity index (χ1v) is 4.84. The maximum Gasteiger partial charge on any atom is 0.233 e. The zero-order valence-electron chi connectivity index (χ0n) is 9.34. The van der Waals surface area contributed by atoms with Crippen LogP contribution in [0.1, 0.15) is 20.3 Å². The number of aliphatic hydroxyl groups excluding tert-OH is 1. The van der Waals surface area contributed by atoms with Crippen molar-refractivity contribution >= 4 is 11.7 Å². The summed E-state index contributed by atoms with van der Waals surface area (Å²) in [6, 6.07) is 0. The monoisotopic (exact) mass is 217 g/mol. The Kier molecular flexibility index (Phi) is 5.69. The molecule has 0 radical (unpaired) electrons. The molecule has 1 amide bonds. The topological polar surface area (TPSA) is 99.2 Å². The lowest BCUT2D eigenvalue weighted by atomic mass is 10.0. The van der Waals surface area contributed by atoms with Crippen LogP contribution in [-0.4, -0.2) is 46.7 Å². The average Bonchev–Trinajstić information content (AvgIpc) is 2.17. The number of nitrogens with two attached hydrogens (primary N) is 1. The molecule has 0 bridgehead atoms. The van der Waals surface area contributed by atoms with Crippen LogP contribution in [0.2, 0.25) is 0 Å². The Hall–Kier alpha value is -1.30. The minimum atomic E-state index is -0.626. The highest BCUT2D eigenvalue weighted by atomic mass is 16.4. The van der Waals surface area contributed by atoms with Crippen molar-refractivity contribution < 1.29 is 15.1 Å². The van der Waals surface area contributed by atoms with Crippen molar-refractivity contribution in [1.29, 1.82) is 0 Å². The Balaban J connectivity index is 4.52. The molecule has 6 nitrogen and oxygen atoms in total.